The van der Waals surface area contributed by atoms with Crippen LogP contribution in [0.1, 0.15) is 29.7 Å². The molecular weight excluding hydrogens is 670 g/mol. The van der Waals surface area contributed by atoms with Crippen molar-refractivity contribution in [3.8, 4) is 0 Å². The van der Waals surface area contributed by atoms with Gasteiger partial charge in [-0.25, -0.2) is 9.79 Å². The molecule has 3 heterocycles. The highest BCUT2D eigenvalue weighted by atomic mass is 35.5. The molecule has 1 atom stereocenters. The number of allylic oxidation sites excluding steroid dienone is 1. The predicted octanol–water partition coefficient (Wildman–Crippen LogP) is 7.30. The van der Waals surface area contributed by atoms with Crippen LogP contribution < -0.4 is 14.9 Å². The smallest absolute Gasteiger partial charge is 0.434 e. The van der Waals surface area contributed by atoms with Crippen molar-refractivity contribution < 1.29 is 22.7 Å². The van der Waals surface area contributed by atoms with E-state index in [1.807, 2.05) is 41.1 Å². The Balaban J connectivity index is 1.56. The van der Waals surface area contributed by atoms with E-state index < -0.39 is 35.0 Å². The molecule has 13 heteroatoms. The zero-order valence-electron chi connectivity index (χ0n) is 23.2. The van der Waals surface area contributed by atoms with Crippen molar-refractivity contribution >= 4 is 69.1 Å². The molecule has 6 nitrogen and oxygen atoms in total. The zero-order valence-corrected chi connectivity index (χ0v) is 26.3. The molecule has 5 aromatic rings. The number of ether oxygens (including phenoxy) is 1. The molecule has 0 bridgehead atoms. The Morgan fingerprint density at radius 2 is 1.78 bits per heavy atom. The maximum Gasteiger partial charge on any atom is 0.434 e. The SMILES string of the molecule is CCOC(=O)C1=C(C(F)(F)F)N=c2s/c(=C\c3cn(Cc4ccc(Cl)c(Cl)c4)c4ccccc34)c(=O)n2[C@@H]1c1ccc(Cl)cc1. The van der Waals surface area contributed by atoms with Gasteiger partial charge in [0.25, 0.3) is 5.56 Å². The van der Waals surface area contributed by atoms with Gasteiger partial charge in [-0.05, 0) is 54.5 Å². The molecule has 1 aliphatic heterocycles. The normalized spacial score (nSPS) is 15.4. The molecule has 0 radical (unpaired) electrons. The van der Waals surface area contributed by atoms with Crippen LogP contribution >= 0.6 is 46.1 Å². The lowest BCUT2D eigenvalue weighted by Gasteiger charge is -2.26. The highest BCUT2D eigenvalue weighted by Crippen LogP contribution is 2.38. The number of hydrogen-bond acceptors (Lipinski definition) is 5. The van der Waals surface area contributed by atoms with E-state index in [4.69, 9.17) is 39.5 Å². The highest BCUT2D eigenvalue weighted by Gasteiger charge is 2.45. The molecule has 0 saturated carbocycles. The minimum absolute atomic E-state index is 0.136. The number of carbonyl (C=O) groups excluding carboxylic acids is 1. The average Bonchev–Trinajstić information content (AvgIpc) is 3.50. The molecule has 0 unspecified atom stereocenters. The van der Waals surface area contributed by atoms with Crippen molar-refractivity contribution in [2.45, 2.75) is 25.7 Å². The molecule has 0 aliphatic carbocycles. The number of benzene rings is 3. The fourth-order valence-corrected chi connectivity index (χ4v) is 6.74. The van der Waals surface area contributed by atoms with Crippen LogP contribution in [0, 0.1) is 0 Å². The molecule has 45 heavy (non-hydrogen) atoms. The van der Waals surface area contributed by atoms with E-state index in [1.165, 1.54) is 31.2 Å². The fraction of sp³-hybridized carbons (Fsp3) is 0.156. The third-order valence-electron chi connectivity index (χ3n) is 7.22. The lowest BCUT2D eigenvalue weighted by molar-refractivity contribution is -0.140. The van der Waals surface area contributed by atoms with Gasteiger partial charge >= 0.3 is 12.1 Å². The van der Waals surface area contributed by atoms with Crippen molar-refractivity contribution in [1.29, 1.82) is 0 Å². The number of fused-ring (bicyclic) bond motifs is 2. The number of esters is 1. The number of para-hydroxylation sites is 1. The summed E-state index contributed by atoms with van der Waals surface area (Å²) in [6.45, 7) is 1.76. The Hall–Kier alpha value is -3.83. The Morgan fingerprint density at radius 1 is 1.04 bits per heavy atom. The quantitative estimate of drug-likeness (QED) is 0.176. The van der Waals surface area contributed by atoms with Crippen LogP contribution in [-0.2, 0) is 16.1 Å². The third-order valence-corrected chi connectivity index (χ3v) is 9.20. The van der Waals surface area contributed by atoms with Gasteiger partial charge in [-0.3, -0.25) is 9.36 Å². The Kier molecular flexibility index (Phi) is 8.43. The van der Waals surface area contributed by atoms with E-state index >= 15 is 0 Å². The van der Waals surface area contributed by atoms with Gasteiger partial charge in [0, 0.05) is 34.2 Å². The van der Waals surface area contributed by atoms with Gasteiger partial charge in [-0.1, -0.05) is 82.5 Å². The van der Waals surface area contributed by atoms with Crippen LogP contribution in [0.15, 0.2) is 94.0 Å². The van der Waals surface area contributed by atoms with E-state index in [9.17, 15) is 22.8 Å². The lowest BCUT2D eigenvalue weighted by Crippen LogP contribution is -2.41. The molecule has 2 aromatic heterocycles. The number of nitrogens with zero attached hydrogens (tertiary/aromatic N) is 3. The molecule has 3 aromatic carbocycles. The summed E-state index contributed by atoms with van der Waals surface area (Å²) in [6, 6.07) is 17.3. The van der Waals surface area contributed by atoms with Gasteiger partial charge in [-0.15, -0.1) is 0 Å². The second-order valence-corrected chi connectivity index (χ2v) is 12.4. The average molecular weight is 691 g/mol. The van der Waals surface area contributed by atoms with Crippen molar-refractivity contribution in [2.24, 2.45) is 4.99 Å². The van der Waals surface area contributed by atoms with Gasteiger partial charge in [-0.2, -0.15) is 13.2 Å². The number of hydrogen-bond donors (Lipinski definition) is 0. The van der Waals surface area contributed by atoms with E-state index in [0.717, 1.165) is 32.4 Å². The first-order chi connectivity index (χ1) is 21.5. The van der Waals surface area contributed by atoms with Gasteiger partial charge in [0.15, 0.2) is 10.5 Å². The maximum absolute atomic E-state index is 14.4. The summed E-state index contributed by atoms with van der Waals surface area (Å²) in [5, 5.41) is 2.01. The summed E-state index contributed by atoms with van der Waals surface area (Å²) in [5.74, 6) is -1.21. The summed E-state index contributed by atoms with van der Waals surface area (Å²) < 4.78 is 51.5. The molecule has 0 fully saturated rings. The first-order valence-corrected chi connectivity index (χ1v) is 15.5. The Bertz CT molecular complexity index is 2180. The Morgan fingerprint density at radius 3 is 2.47 bits per heavy atom. The first-order valence-electron chi connectivity index (χ1n) is 13.5. The first kappa shape index (κ1) is 31.2. The van der Waals surface area contributed by atoms with Crippen molar-refractivity contribution in [2.75, 3.05) is 6.61 Å². The summed E-state index contributed by atoms with van der Waals surface area (Å²) in [6.07, 6.45) is -1.52. The number of alkyl halides is 3. The lowest BCUT2D eigenvalue weighted by atomic mass is 9.95. The number of carbonyl (C=O) groups is 1. The molecule has 1 aliphatic rings. The van der Waals surface area contributed by atoms with Crippen molar-refractivity contribution in [1.82, 2.24) is 9.13 Å². The second-order valence-electron chi connectivity index (χ2n) is 10.1. The number of halogens is 6. The summed E-state index contributed by atoms with van der Waals surface area (Å²) in [7, 11) is 0. The summed E-state index contributed by atoms with van der Waals surface area (Å²) >= 11 is 19.2. The molecule has 0 saturated heterocycles. The van der Waals surface area contributed by atoms with Crippen LogP contribution in [0.2, 0.25) is 15.1 Å². The highest BCUT2D eigenvalue weighted by molar-refractivity contribution is 7.07. The third kappa shape index (κ3) is 5.95. The second kappa shape index (κ2) is 12.2. The van der Waals surface area contributed by atoms with Crippen LogP contribution in [0.3, 0.4) is 0 Å². The van der Waals surface area contributed by atoms with Gasteiger partial charge < -0.3 is 9.30 Å². The van der Waals surface area contributed by atoms with E-state index in [2.05, 4.69) is 4.99 Å². The zero-order chi connectivity index (χ0) is 32.0. The molecular formula is C32H21Cl3F3N3O3S. The number of thiazole rings is 1. The largest absolute Gasteiger partial charge is 0.463 e. The van der Waals surface area contributed by atoms with Crippen LogP contribution in [0.4, 0.5) is 13.2 Å². The molecule has 0 N–H and O–H groups in total. The monoisotopic (exact) mass is 689 g/mol. The predicted molar refractivity (Wildman–Crippen MR) is 170 cm³/mol. The standard InChI is InChI=1S/C32H21Cl3F3N3O3S/c1-2-44-30(43)26-27(18-8-10-20(33)11-9-18)41-29(42)25(45-31(41)39-28(26)32(36,37)38)14-19-16-40(24-6-4-3-5-21(19)24)15-17-7-12-22(34)23(35)13-17/h3-14,16,27H,2,15H2,1H3/b25-14-/t27-/m1/s1. The summed E-state index contributed by atoms with van der Waals surface area (Å²) in [5.41, 5.74) is -0.126. The van der Waals surface area contributed by atoms with Gasteiger partial charge in [0.1, 0.15) is 0 Å². The van der Waals surface area contributed by atoms with Crippen LogP contribution in [0.25, 0.3) is 17.0 Å². The van der Waals surface area contributed by atoms with E-state index in [-0.39, 0.29) is 21.5 Å². The molecule has 0 spiro atoms. The van der Waals surface area contributed by atoms with Crippen LogP contribution in [-0.4, -0.2) is 27.9 Å². The molecule has 0 amide bonds. The topological polar surface area (TPSA) is 65.6 Å². The molecule has 6 rings (SSSR count). The van der Waals surface area contributed by atoms with Crippen molar-refractivity contribution in [3.05, 3.63) is 136 Å². The Labute approximate surface area is 272 Å². The van der Waals surface area contributed by atoms with E-state index in [1.54, 1.807) is 18.2 Å². The summed E-state index contributed by atoms with van der Waals surface area (Å²) in [4.78, 5) is 30.7. The van der Waals surface area contributed by atoms with E-state index in [0.29, 0.717) is 27.2 Å². The van der Waals surface area contributed by atoms with Gasteiger partial charge in [0.2, 0.25) is 0 Å². The number of rotatable bonds is 6. The number of aromatic nitrogens is 2. The minimum Gasteiger partial charge on any atom is -0.463 e. The minimum atomic E-state index is -5.00. The maximum atomic E-state index is 14.4. The van der Waals surface area contributed by atoms with Gasteiger partial charge in [0.05, 0.1) is 32.8 Å². The fourth-order valence-electron chi connectivity index (χ4n) is 5.30. The van der Waals surface area contributed by atoms with Crippen LogP contribution in [0.5, 0.6) is 0 Å². The molecule has 230 valence electrons. The van der Waals surface area contributed by atoms with Crippen molar-refractivity contribution in [3.63, 3.8) is 0 Å².